The van der Waals surface area contributed by atoms with Gasteiger partial charge in [-0.1, -0.05) is 17.7 Å². The Hall–Kier alpha value is -1.77. The van der Waals surface area contributed by atoms with Crippen LogP contribution in [0.25, 0.3) is 0 Å². The van der Waals surface area contributed by atoms with Crippen LogP contribution in [0.5, 0.6) is 5.75 Å². The fourth-order valence-electron chi connectivity index (χ4n) is 1.83. The molecule has 1 rings (SSSR count). The Balaban J connectivity index is 2.80. The molecule has 0 aliphatic heterocycles. The van der Waals surface area contributed by atoms with Crippen LogP contribution in [0, 0.1) is 20.8 Å². The number of aliphatic carboxylic acids is 1. The number of carboxylic acids is 1. The zero-order chi connectivity index (χ0) is 13.0. The lowest BCUT2D eigenvalue weighted by Gasteiger charge is -2.13. The van der Waals surface area contributed by atoms with E-state index in [2.05, 4.69) is 12.1 Å². The number of carbonyl (C=O) groups is 1. The summed E-state index contributed by atoms with van der Waals surface area (Å²) >= 11 is 0. The zero-order valence-electron chi connectivity index (χ0n) is 10.7. The van der Waals surface area contributed by atoms with Crippen LogP contribution in [0.1, 0.15) is 23.6 Å². The number of aryl methyl sites for hydroxylation is 3. The first-order valence-corrected chi connectivity index (χ1v) is 5.51. The number of rotatable bonds is 4. The Morgan fingerprint density at radius 3 is 2.29 bits per heavy atom. The van der Waals surface area contributed by atoms with E-state index in [1.165, 1.54) is 11.6 Å². The third kappa shape index (κ3) is 3.94. The summed E-state index contributed by atoms with van der Waals surface area (Å²) in [6.07, 6.45) is 1.17. The van der Waals surface area contributed by atoms with Gasteiger partial charge in [0, 0.05) is 6.08 Å². The summed E-state index contributed by atoms with van der Waals surface area (Å²) in [5.41, 5.74) is 4.04. The van der Waals surface area contributed by atoms with Crippen LogP contribution in [0.3, 0.4) is 0 Å². The van der Waals surface area contributed by atoms with Gasteiger partial charge in [-0.25, -0.2) is 4.79 Å². The van der Waals surface area contributed by atoms with Crippen LogP contribution >= 0.6 is 0 Å². The first-order valence-electron chi connectivity index (χ1n) is 5.51. The van der Waals surface area contributed by atoms with Crippen molar-refractivity contribution >= 4 is 5.97 Å². The molecule has 17 heavy (non-hydrogen) atoms. The van der Waals surface area contributed by atoms with Gasteiger partial charge in [-0.05, 0) is 44.4 Å². The van der Waals surface area contributed by atoms with E-state index in [1.54, 1.807) is 6.92 Å². The van der Waals surface area contributed by atoms with Gasteiger partial charge >= 0.3 is 5.97 Å². The highest BCUT2D eigenvalue weighted by Gasteiger charge is 2.05. The average Bonchev–Trinajstić information content (AvgIpc) is 2.14. The first-order chi connectivity index (χ1) is 7.90. The molecule has 1 aromatic carbocycles. The fraction of sp³-hybridized carbons (Fsp3) is 0.357. The molecule has 3 heteroatoms. The van der Waals surface area contributed by atoms with Gasteiger partial charge in [0.2, 0.25) is 0 Å². The summed E-state index contributed by atoms with van der Waals surface area (Å²) < 4.78 is 5.65. The number of carboxylic acid groups (broad SMARTS) is 1. The minimum Gasteiger partial charge on any atom is -0.489 e. The fourth-order valence-corrected chi connectivity index (χ4v) is 1.83. The van der Waals surface area contributed by atoms with Crippen molar-refractivity contribution < 1.29 is 14.6 Å². The minimum absolute atomic E-state index is 0.303. The molecule has 0 unspecified atom stereocenters. The molecular weight excluding hydrogens is 216 g/mol. The minimum atomic E-state index is -0.941. The van der Waals surface area contributed by atoms with E-state index in [1.807, 2.05) is 20.8 Å². The summed E-state index contributed by atoms with van der Waals surface area (Å²) in [5.74, 6) is -0.0998. The second-order valence-corrected chi connectivity index (χ2v) is 4.35. The predicted molar refractivity (Wildman–Crippen MR) is 67.5 cm³/mol. The molecule has 0 spiro atoms. The van der Waals surface area contributed by atoms with Crippen molar-refractivity contribution in [2.45, 2.75) is 27.7 Å². The van der Waals surface area contributed by atoms with Crippen molar-refractivity contribution in [2.75, 3.05) is 6.61 Å². The van der Waals surface area contributed by atoms with Gasteiger partial charge in [0.25, 0.3) is 0 Å². The lowest BCUT2D eigenvalue weighted by Crippen LogP contribution is -2.04. The summed E-state index contributed by atoms with van der Waals surface area (Å²) in [5, 5.41) is 8.59. The van der Waals surface area contributed by atoms with Crippen LogP contribution in [0.15, 0.2) is 23.8 Å². The molecule has 0 radical (unpaired) electrons. The van der Waals surface area contributed by atoms with E-state index in [-0.39, 0.29) is 0 Å². The van der Waals surface area contributed by atoms with Crippen molar-refractivity contribution in [3.63, 3.8) is 0 Å². The van der Waals surface area contributed by atoms with E-state index in [9.17, 15) is 4.79 Å². The molecule has 0 aliphatic rings. The maximum absolute atomic E-state index is 10.5. The molecule has 0 amide bonds. The van der Waals surface area contributed by atoms with Crippen molar-refractivity contribution in [1.29, 1.82) is 0 Å². The number of benzene rings is 1. The maximum atomic E-state index is 10.5. The van der Waals surface area contributed by atoms with E-state index in [4.69, 9.17) is 9.84 Å². The Kier molecular flexibility index (Phi) is 4.32. The summed E-state index contributed by atoms with van der Waals surface area (Å²) in [6.45, 7) is 8.07. The van der Waals surface area contributed by atoms with Crippen LogP contribution < -0.4 is 4.74 Å². The van der Waals surface area contributed by atoms with E-state index < -0.39 is 5.97 Å². The van der Waals surface area contributed by atoms with Crippen LogP contribution in [0.4, 0.5) is 0 Å². The summed E-state index contributed by atoms with van der Waals surface area (Å²) in [4.78, 5) is 10.5. The molecule has 0 aromatic heterocycles. The Morgan fingerprint density at radius 2 is 1.82 bits per heavy atom. The highest BCUT2D eigenvalue weighted by molar-refractivity contribution is 5.80. The Labute approximate surface area is 102 Å². The standard InChI is InChI=1S/C14H18O3/c1-9-5-11(3)14(12(4)6-9)17-8-10(2)7-13(15)16/h5-7H,8H2,1-4H3,(H,15,16). The topological polar surface area (TPSA) is 46.5 Å². The molecule has 0 heterocycles. The van der Waals surface area contributed by atoms with Gasteiger partial charge in [0.15, 0.2) is 0 Å². The molecule has 0 bridgehead atoms. The van der Waals surface area contributed by atoms with Gasteiger partial charge in [-0.3, -0.25) is 0 Å². The second kappa shape index (κ2) is 5.53. The average molecular weight is 234 g/mol. The molecule has 92 valence electrons. The van der Waals surface area contributed by atoms with Crippen molar-refractivity contribution in [2.24, 2.45) is 0 Å². The molecule has 0 fully saturated rings. The molecule has 0 atom stereocenters. The smallest absolute Gasteiger partial charge is 0.328 e. The van der Waals surface area contributed by atoms with Gasteiger partial charge in [-0.2, -0.15) is 0 Å². The quantitative estimate of drug-likeness (QED) is 0.814. The monoisotopic (exact) mass is 234 g/mol. The van der Waals surface area contributed by atoms with Crippen molar-refractivity contribution in [3.8, 4) is 5.75 Å². The van der Waals surface area contributed by atoms with Crippen LogP contribution in [-0.2, 0) is 4.79 Å². The van der Waals surface area contributed by atoms with Crippen LogP contribution in [-0.4, -0.2) is 17.7 Å². The zero-order valence-corrected chi connectivity index (χ0v) is 10.7. The molecule has 1 N–H and O–H groups in total. The predicted octanol–water partition coefficient (Wildman–Crippen LogP) is 3.02. The van der Waals surface area contributed by atoms with Crippen molar-refractivity contribution in [3.05, 3.63) is 40.5 Å². The summed E-state index contributed by atoms with van der Waals surface area (Å²) in [6, 6.07) is 4.11. The van der Waals surface area contributed by atoms with Crippen molar-refractivity contribution in [1.82, 2.24) is 0 Å². The van der Waals surface area contributed by atoms with E-state index in [0.717, 1.165) is 16.9 Å². The normalized spacial score (nSPS) is 11.4. The Morgan fingerprint density at radius 1 is 1.29 bits per heavy atom. The number of hydrogen-bond acceptors (Lipinski definition) is 2. The lowest BCUT2D eigenvalue weighted by molar-refractivity contribution is -0.131. The molecule has 3 nitrogen and oxygen atoms in total. The third-order valence-corrected chi connectivity index (χ3v) is 2.42. The third-order valence-electron chi connectivity index (χ3n) is 2.42. The van der Waals surface area contributed by atoms with Crippen LogP contribution in [0.2, 0.25) is 0 Å². The second-order valence-electron chi connectivity index (χ2n) is 4.35. The molecular formula is C14H18O3. The molecule has 0 saturated carbocycles. The summed E-state index contributed by atoms with van der Waals surface area (Å²) in [7, 11) is 0. The number of hydrogen-bond donors (Lipinski definition) is 1. The highest BCUT2D eigenvalue weighted by Crippen LogP contribution is 2.24. The van der Waals surface area contributed by atoms with Gasteiger partial charge in [0.1, 0.15) is 12.4 Å². The van der Waals surface area contributed by atoms with Gasteiger partial charge in [-0.15, -0.1) is 0 Å². The lowest BCUT2D eigenvalue weighted by atomic mass is 10.1. The maximum Gasteiger partial charge on any atom is 0.328 e. The first kappa shape index (κ1) is 13.3. The van der Waals surface area contributed by atoms with Gasteiger partial charge < -0.3 is 9.84 Å². The molecule has 0 aliphatic carbocycles. The van der Waals surface area contributed by atoms with Gasteiger partial charge in [0.05, 0.1) is 0 Å². The number of ether oxygens (including phenoxy) is 1. The highest BCUT2D eigenvalue weighted by atomic mass is 16.5. The van der Waals surface area contributed by atoms with E-state index in [0.29, 0.717) is 12.2 Å². The SMILES string of the molecule is CC(=CC(=O)O)COc1c(C)cc(C)cc1C. The van der Waals surface area contributed by atoms with E-state index >= 15 is 0 Å². The Bertz CT molecular complexity index is 436. The largest absolute Gasteiger partial charge is 0.489 e. The molecule has 1 aromatic rings. The molecule has 0 saturated heterocycles.